The quantitative estimate of drug-likeness (QED) is 0.446. The van der Waals surface area contributed by atoms with Crippen LogP contribution in [0.5, 0.6) is 0 Å². The van der Waals surface area contributed by atoms with Crippen LogP contribution in [0.15, 0.2) is 17.8 Å². The van der Waals surface area contributed by atoms with E-state index < -0.39 is 0 Å². The van der Waals surface area contributed by atoms with E-state index in [0.717, 1.165) is 18.7 Å². The maximum Gasteiger partial charge on any atom is 0.119 e. The summed E-state index contributed by atoms with van der Waals surface area (Å²) in [5.41, 5.74) is 0.928. The fraction of sp³-hybridized carbons (Fsp3) is 0.769. The van der Waals surface area contributed by atoms with Crippen LogP contribution in [0.2, 0.25) is 0 Å². The molecule has 1 unspecified atom stereocenters. The normalized spacial score (nSPS) is 13.9. The molecular weight excluding hydrogens is 200 g/mol. The van der Waals surface area contributed by atoms with Crippen molar-refractivity contribution >= 4 is 5.71 Å². The van der Waals surface area contributed by atoms with Crippen LogP contribution < -0.4 is 0 Å². The van der Waals surface area contributed by atoms with Crippen molar-refractivity contribution in [2.75, 3.05) is 27.2 Å². The van der Waals surface area contributed by atoms with Crippen LogP contribution >= 0.6 is 0 Å². The van der Waals surface area contributed by atoms with Crippen molar-refractivity contribution in [3.63, 3.8) is 0 Å². The van der Waals surface area contributed by atoms with E-state index in [4.69, 9.17) is 4.84 Å². The first kappa shape index (κ1) is 15.2. The average Bonchev–Trinajstić information content (AvgIpc) is 2.23. The Balaban J connectivity index is 3.83. The molecule has 0 fully saturated rings. The first-order chi connectivity index (χ1) is 7.60. The first-order valence-electron chi connectivity index (χ1n) is 6.06. The average molecular weight is 226 g/mol. The molecule has 16 heavy (non-hydrogen) atoms. The van der Waals surface area contributed by atoms with E-state index in [1.54, 1.807) is 6.08 Å². The van der Waals surface area contributed by atoms with Crippen LogP contribution in [0, 0.1) is 5.92 Å². The van der Waals surface area contributed by atoms with E-state index >= 15 is 0 Å². The second-order valence-corrected chi connectivity index (χ2v) is 4.53. The van der Waals surface area contributed by atoms with E-state index in [1.165, 1.54) is 12.8 Å². The Labute approximate surface area is 100 Å². The molecule has 94 valence electrons. The fourth-order valence-corrected chi connectivity index (χ4v) is 1.35. The van der Waals surface area contributed by atoms with Gasteiger partial charge >= 0.3 is 0 Å². The van der Waals surface area contributed by atoms with E-state index in [0.29, 0.717) is 12.5 Å². The zero-order chi connectivity index (χ0) is 12.4. The van der Waals surface area contributed by atoms with Crippen LogP contribution in [0.3, 0.4) is 0 Å². The summed E-state index contributed by atoms with van der Waals surface area (Å²) in [6, 6.07) is 0. The Hall–Kier alpha value is -0.830. The standard InChI is InChI=1S/C13H26N2O/c1-6-8-12(3)11-16-14-13(7-2)9-10-15(4)5/h7,12H,2,6,8-11H2,1,3-5H3/b14-13-. The summed E-state index contributed by atoms with van der Waals surface area (Å²) in [5.74, 6) is 0.577. The molecule has 3 heteroatoms. The lowest BCUT2D eigenvalue weighted by molar-refractivity contribution is 0.109. The van der Waals surface area contributed by atoms with Crippen LogP contribution in [-0.2, 0) is 4.84 Å². The minimum Gasteiger partial charge on any atom is -0.395 e. The van der Waals surface area contributed by atoms with Gasteiger partial charge in [-0.25, -0.2) is 0 Å². The second kappa shape index (κ2) is 9.40. The molecule has 0 aliphatic rings. The lowest BCUT2D eigenvalue weighted by Gasteiger charge is -2.10. The van der Waals surface area contributed by atoms with Gasteiger partial charge in [0.2, 0.25) is 0 Å². The summed E-state index contributed by atoms with van der Waals surface area (Å²) in [4.78, 5) is 7.46. The molecule has 0 aromatic rings. The Morgan fingerprint density at radius 2 is 2.19 bits per heavy atom. The summed E-state index contributed by atoms with van der Waals surface area (Å²) in [6.45, 7) is 9.79. The maximum atomic E-state index is 5.33. The van der Waals surface area contributed by atoms with Crippen LogP contribution in [-0.4, -0.2) is 37.9 Å². The zero-order valence-corrected chi connectivity index (χ0v) is 11.2. The minimum atomic E-state index is 0.577. The molecule has 0 aromatic carbocycles. The van der Waals surface area contributed by atoms with E-state index in [-0.39, 0.29) is 0 Å². The number of hydrogen-bond acceptors (Lipinski definition) is 3. The van der Waals surface area contributed by atoms with Gasteiger partial charge in [0.25, 0.3) is 0 Å². The monoisotopic (exact) mass is 226 g/mol. The van der Waals surface area contributed by atoms with Crippen LogP contribution in [0.25, 0.3) is 0 Å². The van der Waals surface area contributed by atoms with Crippen molar-refractivity contribution in [1.82, 2.24) is 4.90 Å². The van der Waals surface area contributed by atoms with E-state index in [9.17, 15) is 0 Å². The molecule has 0 aliphatic carbocycles. The van der Waals surface area contributed by atoms with E-state index in [1.807, 2.05) is 14.1 Å². The molecule has 0 radical (unpaired) electrons. The number of rotatable bonds is 9. The summed E-state index contributed by atoms with van der Waals surface area (Å²) >= 11 is 0. The molecule has 0 amide bonds. The Kier molecular flexibility index (Phi) is 8.91. The van der Waals surface area contributed by atoms with Gasteiger partial charge in [0.1, 0.15) is 6.61 Å². The molecule has 0 rings (SSSR count). The molecule has 3 nitrogen and oxygen atoms in total. The summed E-state index contributed by atoms with van der Waals surface area (Å²) in [6.07, 6.45) is 5.05. The molecule has 0 N–H and O–H groups in total. The largest absolute Gasteiger partial charge is 0.395 e. The minimum absolute atomic E-state index is 0.577. The molecule has 0 spiro atoms. The van der Waals surface area contributed by atoms with Crippen LogP contribution in [0.1, 0.15) is 33.1 Å². The topological polar surface area (TPSA) is 24.8 Å². The first-order valence-corrected chi connectivity index (χ1v) is 6.06. The molecule has 0 bridgehead atoms. The third-order valence-electron chi connectivity index (χ3n) is 2.37. The fourth-order valence-electron chi connectivity index (χ4n) is 1.35. The lowest BCUT2D eigenvalue weighted by Crippen LogP contribution is -2.16. The van der Waals surface area contributed by atoms with Crippen molar-refractivity contribution < 1.29 is 4.84 Å². The maximum absolute atomic E-state index is 5.33. The highest BCUT2D eigenvalue weighted by Gasteiger charge is 2.01. The molecule has 0 aliphatic heterocycles. The summed E-state index contributed by atoms with van der Waals surface area (Å²) in [5, 5.41) is 4.11. The number of allylic oxidation sites excluding steroid dienone is 1. The zero-order valence-electron chi connectivity index (χ0n) is 11.2. The SMILES string of the molecule is C=C/C(CCN(C)C)=N/OCC(C)CCC. The van der Waals surface area contributed by atoms with Gasteiger partial charge in [0.15, 0.2) is 0 Å². The highest BCUT2D eigenvalue weighted by Crippen LogP contribution is 2.05. The predicted octanol–water partition coefficient (Wildman–Crippen LogP) is 2.93. The van der Waals surface area contributed by atoms with Gasteiger partial charge in [-0.15, -0.1) is 0 Å². The van der Waals surface area contributed by atoms with Gasteiger partial charge in [-0.2, -0.15) is 0 Å². The highest BCUT2D eigenvalue weighted by atomic mass is 16.6. The molecule has 1 atom stereocenters. The number of oxime groups is 1. The van der Waals surface area contributed by atoms with E-state index in [2.05, 4.69) is 30.5 Å². The van der Waals surface area contributed by atoms with Crippen molar-refractivity contribution in [3.05, 3.63) is 12.7 Å². The molecule has 0 aromatic heterocycles. The van der Waals surface area contributed by atoms with Gasteiger partial charge in [-0.1, -0.05) is 32.0 Å². The third kappa shape index (κ3) is 8.48. The van der Waals surface area contributed by atoms with Gasteiger partial charge < -0.3 is 9.74 Å². The van der Waals surface area contributed by atoms with Crippen LogP contribution in [0.4, 0.5) is 0 Å². The summed E-state index contributed by atoms with van der Waals surface area (Å²) in [7, 11) is 4.09. The van der Waals surface area contributed by atoms with Gasteiger partial charge in [-0.3, -0.25) is 0 Å². The predicted molar refractivity (Wildman–Crippen MR) is 70.8 cm³/mol. The summed E-state index contributed by atoms with van der Waals surface area (Å²) < 4.78 is 0. The smallest absolute Gasteiger partial charge is 0.119 e. The number of hydrogen-bond donors (Lipinski definition) is 0. The third-order valence-corrected chi connectivity index (χ3v) is 2.37. The van der Waals surface area contributed by atoms with Gasteiger partial charge in [-0.05, 0) is 32.5 Å². The van der Waals surface area contributed by atoms with Crippen molar-refractivity contribution in [2.24, 2.45) is 11.1 Å². The molecule has 0 saturated carbocycles. The highest BCUT2D eigenvalue weighted by molar-refractivity contribution is 5.94. The Bertz CT molecular complexity index is 212. The molecule has 0 saturated heterocycles. The van der Waals surface area contributed by atoms with Gasteiger partial charge in [0, 0.05) is 13.0 Å². The van der Waals surface area contributed by atoms with Crippen molar-refractivity contribution in [3.8, 4) is 0 Å². The van der Waals surface area contributed by atoms with Gasteiger partial charge in [0.05, 0.1) is 5.71 Å². The molecular formula is C13H26N2O. The second-order valence-electron chi connectivity index (χ2n) is 4.53. The Morgan fingerprint density at radius 1 is 1.50 bits per heavy atom. The van der Waals surface area contributed by atoms with Crippen molar-refractivity contribution in [2.45, 2.75) is 33.1 Å². The Morgan fingerprint density at radius 3 is 2.69 bits per heavy atom. The molecule has 0 heterocycles. The van der Waals surface area contributed by atoms with Crippen molar-refractivity contribution in [1.29, 1.82) is 0 Å². The lowest BCUT2D eigenvalue weighted by atomic mass is 10.1. The number of nitrogens with zero attached hydrogens (tertiary/aromatic N) is 2.